The Morgan fingerprint density at radius 2 is 2.50 bits per heavy atom. The summed E-state index contributed by atoms with van der Waals surface area (Å²) in [7, 11) is 0. The molecule has 0 aliphatic carbocycles. The zero-order valence-electron chi connectivity index (χ0n) is 6.90. The molecule has 1 saturated heterocycles. The molecule has 70 valence electrons. The van der Waals surface area contributed by atoms with Crippen molar-refractivity contribution in [1.82, 2.24) is 4.90 Å². The van der Waals surface area contributed by atoms with Gasteiger partial charge in [0.15, 0.2) is 0 Å². The van der Waals surface area contributed by atoms with Crippen molar-refractivity contribution in [2.75, 3.05) is 32.8 Å². The number of amides is 1. The van der Waals surface area contributed by atoms with Crippen LogP contribution in [0.15, 0.2) is 0 Å². The quantitative estimate of drug-likeness (QED) is 0.527. The SMILES string of the molecule is NCC1CN(CCO)C(=O)CO1. The van der Waals surface area contributed by atoms with E-state index in [9.17, 15) is 4.79 Å². The largest absolute Gasteiger partial charge is 0.395 e. The van der Waals surface area contributed by atoms with Crippen LogP contribution in [0.2, 0.25) is 0 Å². The van der Waals surface area contributed by atoms with E-state index >= 15 is 0 Å². The van der Waals surface area contributed by atoms with Crippen molar-refractivity contribution < 1.29 is 14.6 Å². The highest BCUT2D eigenvalue weighted by Gasteiger charge is 2.24. The molecule has 1 rings (SSSR count). The molecule has 1 fully saturated rings. The Morgan fingerprint density at radius 1 is 1.75 bits per heavy atom. The van der Waals surface area contributed by atoms with E-state index in [-0.39, 0.29) is 25.2 Å². The molecule has 3 N–H and O–H groups in total. The van der Waals surface area contributed by atoms with Crippen LogP contribution in [0.25, 0.3) is 0 Å². The number of morpholine rings is 1. The molecule has 0 saturated carbocycles. The Hall–Kier alpha value is -0.650. The Labute approximate surface area is 71.1 Å². The topological polar surface area (TPSA) is 75.8 Å². The lowest BCUT2D eigenvalue weighted by molar-refractivity contribution is -0.148. The van der Waals surface area contributed by atoms with E-state index in [1.807, 2.05) is 0 Å². The number of rotatable bonds is 3. The maximum atomic E-state index is 11.1. The second-order valence-electron chi connectivity index (χ2n) is 2.73. The average Bonchev–Trinajstić information content (AvgIpc) is 2.09. The number of carbonyl (C=O) groups is 1. The number of aliphatic hydroxyl groups is 1. The first-order chi connectivity index (χ1) is 5.77. The summed E-state index contributed by atoms with van der Waals surface area (Å²) in [5.41, 5.74) is 5.38. The van der Waals surface area contributed by atoms with Gasteiger partial charge in [-0.2, -0.15) is 0 Å². The molecule has 0 aromatic rings. The van der Waals surface area contributed by atoms with Crippen molar-refractivity contribution in [3.63, 3.8) is 0 Å². The number of hydrogen-bond acceptors (Lipinski definition) is 4. The van der Waals surface area contributed by atoms with Crippen LogP contribution in [0, 0.1) is 0 Å². The van der Waals surface area contributed by atoms with Crippen molar-refractivity contribution in [3.8, 4) is 0 Å². The minimum Gasteiger partial charge on any atom is -0.395 e. The number of aliphatic hydroxyl groups excluding tert-OH is 1. The van der Waals surface area contributed by atoms with E-state index < -0.39 is 0 Å². The van der Waals surface area contributed by atoms with Crippen molar-refractivity contribution in [2.24, 2.45) is 5.73 Å². The van der Waals surface area contributed by atoms with Crippen molar-refractivity contribution in [3.05, 3.63) is 0 Å². The molecule has 1 atom stereocenters. The Kier molecular flexibility index (Phi) is 3.46. The molecule has 1 aliphatic rings. The van der Waals surface area contributed by atoms with Gasteiger partial charge in [-0.1, -0.05) is 0 Å². The summed E-state index contributed by atoms with van der Waals surface area (Å²) in [6.45, 7) is 1.36. The normalized spacial score (nSPS) is 24.7. The van der Waals surface area contributed by atoms with Crippen molar-refractivity contribution in [2.45, 2.75) is 6.10 Å². The molecule has 5 heteroatoms. The maximum absolute atomic E-state index is 11.1. The van der Waals surface area contributed by atoms with Crippen molar-refractivity contribution >= 4 is 5.91 Å². The smallest absolute Gasteiger partial charge is 0.248 e. The predicted molar refractivity (Wildman–Crippen MR) is 42.5 cm³/mol. The van der Waals surface area contributed by atoms with Gasteiger partial charge in [0.25, 0.3) is 0 Å². The second kappa shape index (κ2) is 4.39. The van der Waals surface area contributed by atoms with Gasteiger partial charge in [0.1, 0.15) is 6.61 Å². The molecule has 0 aromatic heterocycles. The van der Waals surface area contributed by atoms with Gasteiger partial charge in [-0.25, -0.2) is 0 Å². The monoisotopic (exact) mass is 174 g/mol. The summed E-state index contributed by atoms with van der Waals surface area (Å²) >= 11 is 0. The first kappa shape index (κ1) is 9.44. The first-order valence-corrected chi connectivity index (χ1v) is 3.98. The number of nitrogens with two attached hydrogens (primary N) is 1. The molecule has 1 heterocycles. The summed E-state index contributed by atoms with van der Waals surface area (Å²) in [5.74, 6) is -0.0752. The van der Waals surface area contributed by atoms with Crippen LogP contribution in [0.4, 0.5) is 0 Å². The lowest BCUT2D eigenvalue weighted by atomic mass is 10.2. The molecule has 0 radical (unpaired) electrons. The fourth-order valence-corrected chi connectivity index (χ4v) is 1.16. The highest BCUT2D eigenvalue weighted by Crippen LogP contribution is 2.04. The van der Waals surface area contributed by atoms with Gasteiger partial charge in [-0.05, 0) is 0 Å². The average molecular weight is 174 g/mol. The predicted octanol–water partition coefficient (Wildman–Crippen LogP) is -1.84. The van der Waals surface area contributed by atoms with E-state index in [0.717, 1.165) is 0 Å². The van der Waals surface area contributed by atoms with Gasteiger partial charge in [0, 0.05) is 19.6 Å². The Balaban J connectivity index is 2.41. The van der Waals surface area contributed by atoms with E-state index in [1.54, 1.807) is 4.90 Å². The van der Waals surface area contributed by atoms with Crippen LogP contribution in [0.3, 0.4) is 0 Å². The zero-order valence-corrected chi connectivity index (χ0v) is 6.90. The fraction of sp³-hybridized carbons (Fsp3) is 0.857. The first-order valence-electron chi connectivity index (χ1n) is 3.98. The molecule has 12 heavy (non-hydrogen) atoms. The van der Waals surface area contributed by atoms with Gasteiger partial charge >= 0.3 is 0 Å². The Bertz CT molecular complexity index is 163. The molecule has 1 aliphatic heterocycles. The zero-order chi connectivity index (χ0) is 8.97. The number of hydrogen-bond donors (Lipinski definition) is 2. The van der Waals surface area contributed by atoms with Crippen LogP contribution >= 0.6 is 0 Å². The summed E-state index contributed by atoms with van der Waals surface area (Å²) < 4.78 is 5.12. The standard InChI is InChI=1S/C7H14N2O3/c8-3-6-4-9(1-2-10)7(11)5-12-6/h6,10H,1-5,8H2. The third-order valence-electron chi connectivity index (χ3n) is 1.85. The lowest BCUT2D eigenvalue weighted by Gasteiger charge is -2.31. The number of carbonyl (C=O) groups excluding carboxylic acids is 1. The summed E-state index contributed by atoms with van der Waals surface area (Å²) in [6, 6.07) is 0. The van der Waals surface area contributed by atoms with Crippen molar-refractivity contribution in [1.29, 1.82) is 0 Å². The number of ether oxygens (including phenoxy) is 1. The van der Waals surface area contributed by atoms with Crippen LogP contribution < -0.4 is 5.73 Å². The van der Waals surface area contributed by atoms with Gasteiger partial charge < -0.3 is 20.5 Å². The number of β-amino-alcohol motifs (C(OH)–C–C–N with tert-alkyl or cyclic N) is 1. The third kappa shape index (κ3) is 2.17. The van der Waals surface area contributed by atoms with E-state index in [0.29, 0.717) is 19.6 Å². The number of nitrogens with zero attached hydrogens (tertiary/aromatic N) is 1. The molecular weight excluding hydrogens is 160 g/mol. The molecule has 5 nitrogen and oxygen atoms in total. The van der Waals surface area contributed by atoms with E-state index in [4.69, 9.17) is 15.6 Å². The minimum atomic E-state index is -0.0752. The van der Waals surface area contributed by atoms with Crippen LogP contribution in [0.1, 0.15) is 0 Å². The highest BCUT2D eigenvalue weighted by atomic mass is 16.5. The lowest BCUT2D eigenvalue weighted by Crippen LogP contribution is -2.49. The minimum absolute atomic E-state index is 0.0109. The third-order valence-corrected chi connectivity index (χ3v) is 1.85. The molecule has 1 unspecified atom stereocenters. The molecule has 0 bridgehead atoms. The van der Waals surface area contributed by atoms with Gasteiger partial charge in [0.2, 0.25) is 5.91 Å². The van der Waals surface area contributed by atoms with E-state index in [1.165, 1.54) is 0 Å². The molecule has 0 spiro atoms. The fourth-order valence-electron chi connectivity index (χ4n) is 1.16. The highest BCUT2D eigenvalue weighted by molar-refractivity contribution is 5.78. The molecular formula is C7H14N2O3. The Morgan fingerprint density at radius 3 is 3.08 bits per heavy atom. The molecule has 0 aromatic carbocycles. The van der Waals surface area contributed by atoms with Crippen LogP contribution in [0.5, 0.6) is 0 Å². The van der Waals surface area contributed by atoms with Crippen LogP contribution in [-0.2, 0) is 9.53 Å². The maximum Gasteiger partial charge on any atom is 0.248 e. The van der Waals surface area contributed by atoms with Gasteiger partial charge in [-0.3, -0.25) is 4.79 Å². The molecule has 1 amide bonds. The van der Waals surface area contributed by atoms with Gasteiger partial charge in [-0.15, -0.1) is 0 Å². The van der Waals surface area contributed by atoms with Gasteiger partial charge in [0.05, 0.1) is 12.7 Å². The second-order valence-corrected chi connectivity index (χ2v) is 2.73. The van der Waals surface area contributed by atoms with Crippen LogP contribution in [-0.4, -0.2) is 54.9 Å². The summed E-state index contributed by atoms with van der Waals surface area (Å²) in [5, 5.41) is 8.63. The van der Waals surface area contributed by atoms with E-state index in [2.05, 4.69) is 0 Å². The summed E-state index contributed by atoms with van der Waals surface area (Å²) in [6.07, 6.45) is -0.0748. The summed E-state index contributed by atoms with van der Waals surface area (Å²) in [4.78, 5) is 12.7.